The molecule has 0 radical (unpaired) electrons. The SMILES string of the molecule is CCCNC(=O)CN(CCC)C(=O)c1ccccc1NC. The number of amides is 2. The maximum Gasteiger partial charge on any atom is 0.256 e. The van der Waals surface area contributed by atoms with Crippen molar-refractivity contribution in [3.63, 3.8) is 0 Å². The number of carbonyl (C=O) groups is 2. The fraction of sp³-hybridized carbons (Fsp3) is 0.500. The molecule has 0 aliphatic carbocycles. The van der Waals surface area contributed by atoms with E-state index in [2.05, 4.69) is 10.6 Å². The molecule has 0 spiro atoms. The molecule has 0 atom stereocenters. The van der Waals surface area contributed by atoms with Crippen LogP contribution in [0.2, 0.25) is 0 Å². The second-order valence-corrected chi connectivity index (χ2v) is 4.87. The highest BCUT2D eigenvalue weighted by Crippen LogP contribution is 2.16. The Morgan fingerprint density at radius 1 is 1.14 bits per heavy atom. The predicted molar refractivity (Wildman–Crippen MR) is 85.5 cm³/mol. The Hall–Kier alpha value is -2.04. The molecular weight excluding hydrogens is 266 g/mol. The van der Waals surface area contributed by atoms with Crippen molar-refractivity contribution in [2.24, 2.45) is 0 Å². The van der Waals surface area contributed by atoms with Crippen molar-refractivity contribution in [2.45, 2.75) is 26.7 Å². The average molecular weight is 291 g/mol. The number of nitrogens with one attached hydrogen (secondary N) is 2. The van der Waals surface area contributed by atoms with Gasteiger partial charge in [-0.15, -0.1) is 0 Å². The number of para-hydroxylation sites is 1. The molecule has 0 bridgehead atoms. The predicted octanol–water partition coefficient (Wildman–Crippen LogP) is 2.11. The van der Waals surface area contributed by atoms with Crippen LogP contribution in [0, 0.1) is 0 Å². The third-order valence-electron chi connectivity index (χ3n) is 3.11. The minimum absolute atomic E-state index is 0.102. The maximum absolute atomic E-state index is 12.6. The van der Waals surface area contributed by atoms with Crippen LogP contribution in [0.15, 0.2) is 24.3 Å². The topological polar surface area (TPSA) is 61.4 Å². The Kier molecular flexibility index (Phi) is 7.29. The molecule has 5 heteroatoms. The second kappa shape index (κ2) is 9.00. The van der Waals surface area contributed by atoms with E-state index in [0.717, 1.165) is 18.5 Å². The van der Waals surface area contributed by atoms with Gasteiger partial charge in [-0.1, -0.05) is 26.0 Å². The summed E-state index contributed by atoms with van der Waals surface area (Å²) in [6, 6.07) is 7.34. The first-order valence-electron chi connectivity index (χ1n) is 7.46. The van der Waals surface area contributed by atoms with Gasteiger partial charge in [-0.3, -0.25) is 9.59 Å². The number of benzene rings is 1. The lowest BCUT2D eigenvalue weighted by molar-refractivity contribution is -0.121. The standard InChI is InChI=1S/C16H25N3O2/c1-4-10-18-15(20)12-19(11-5-2)16(21)13-8-6-7-9-14(13)17-3/h6-9,17H,4-5,10-12H2,1-3H3,(H,18,20). The van der Waals surface area contributed by atoms with E-state index in [9.17, 15) is 9.59 Å². The van der Waals surface area contributed by atoms with Gasteiger partial charge in [0.2, 0.25) is 5.91 Å². The molecule has 0 aliphatic heterocycles. The van der Waals surface area contributed by atoms with E-state index in [1.807, 2.05) is 32.0 Å². The number of carbonyl (C=O) groups excluding carboxylic acids is 2. The summed E-state index contributed by atoms with van der Waals surface area (Å²) in [5.74, 6) is -0.228. The Labute approximate surface area is 126 Å². The highest BCUT2D eigenvalue weighted by atomic mass is 16.2. The van der Waals surface area contributed by atoms with Crippen molar-refractivity contribution in [1.29, 1.82) is 0 Å². The summed E-state index contributed by atoms with van der Waals surface area (Å²) in [6.07, 6.45) is 1.70. The van der Waals surface area contributed by atoms with Crippen LogP contribution in [0.1, 0.15) is 37.0 Å². The fourth-order valence-electron chi connectivity index (χ4n) is 2.07. The molecular formula is C16H25N3O2. The van der Waals surface area contributed by atoms with Crippen LogP contribution >= 0.6 is 0 Å². The Morgan fingerprint density at radius 2 is 1.86 bits per heavy atom. The van der Waals surface area contributed by atoms with Crippen LogP contribution in [0.4, 0.5) is 5.69 Å². The number of nitrogens with zero attached hydrogens (tertiary/aromatic N) is 1. The summed E-state index contributed by atoms with van der Waals surface area (Å²) < 4.78 is 0. The van der Waals surface area contributed by atoms with Crippen LogP contribution in [-0.4, -0.2) is 43.4 Å². The van der Waals surface area contributed by atoms with Gasteiger partial charge < -0.3 is 15.5 Å². The van der Waals surface area contributed by atoms with Crippen molar-refractivity contribution in [3.8, 4) is 0 Å². The lowest BCUT2D eigenvalue weighted by Crippen LogP contribution is -2.41. The summed E-state index contributed by atoms with van der Waals surface area (Å²) in [5.41, 5.74) is 1.37. The van der Waals surface area contributed by atoms with Gasteiger partial charge in [-0.2, -0.15) is 0 Å². The summed E-state index contributed by atoms with van der Waals surface area (Å²) in [6.45, 7) is 5.30. The van der Waals surface area contributed by atoms with Crippen LogP contribution in [0.5, 0.6) is 0 Å². The van der Waals surface area contributed by atoms with Gasteiger partial charge in [-0.05, 0) is 25.0 Å². The van der Waals surface area contributed by atoms with Crippen LogP contribution < -0.4 is 10.6 Å². The van der Waals surface area contributed by atoms with Crippen molar-refractivity contribution < 1.29 is 9.59 Å². The molecule has 116 valence electrons. The van der Waals surface area contributed by atoms with Crippen LogP contribution in [-0.2, 0) is 4.79 Å². The first-order valence-corrected chi connectivity index (χ1v) is 7.46. The molecule has 0 saturated carbocycles. The monoisotopic (exact) mass is 291 g/mol. The maximum atomic E-state index is 12.6. The van der Waals surface area contributed by atoms with E-state index >= 15 is 0 Å². The number of hydrogen-bond acceptors (Lipinski definition) is 3. The van der Waals surface area contributed by atoms with Crippen molar-refractivity contribution in [3.05, 3.63) is 29.8 Å². The second-order valence-electron chi connectivity index (χ2n) is 4.87. The van der Waals surface area contributed by atoms with Gasteiger partial charge in [0.15, 0.2) is 0 Å². The van der Waals surface area contributed by atoms with E-state index in [-0.39, 0.29) is 18.4 Å². The van der Waals surface area contributed by atoms with Crippen molar-refractivity contribution in [2.75, 3.05) is 32.0 Å². The molecule has 5 nitrogen and oxygen atoms in total. The Morgan fingerprint density at radius 3 is 2.48 bits per heavy atom. The zero-order chi connectivity index (χ0) is 15.7. The molecule has 2 amide bonds. The van der Waals surface area contributed by atoms with Gasteiger partial charge in [0.25, 0.3) is 5.91 Å². The molecule has 2 N–H and O–H groups in total. The third-order valence-corrected chi connectivity index (χ3v) is 3.11. The largest absolute Gasteiger partial charge is 0.387 e. The van der Waals surface area contributed by atoms with Crippen LogP contribution in [0.3, 0.4) is 0 Å². The van der Waals surface area contributed by atoms with Crippen LogP contribution in [0.25, 0.3) is 0 Å². The van der Waals surface area contributed by atoms with Crippen molar-refractivity contribution >= 4 is 17.5 Å². The van der Waals surface area contributed by atoms with E-state index in [4.69, 9.17) is 0 Å². The van der Waals surface area contributed by atoms with E-state index in [1.54, 1.807) is 18.0 Å². The number of hydrogen-bond donors (Lipinski definition) is 2. The zero-order valence-corrected chi connectivity index (χ0v) is 13.1. The summed E-state index contributed by atoms with van der Waals surface area (Å²) in [5, 5.41) is 5.82. The normalized spacial score (nSPS) is 10.0. The molecule has 0 fully saturated rings. The molecule has 0 heterocycles. The third kappa shape index (κ3) is 5.10. The first-order chi connectivity index (χ1) is 10.1. The quantitative estimate of drug-likeness (QED) is 0.771. The Bertz CT molecular complexity index is 474. The van der Waals surface area contributed by atoms with Gasteiger partial charge in [0.05, 0.1) is 12.1 Å². The number of anilines is 1. The van der Waals surface area contributed by atoms with E-state index in [1.165, 1.54) is 0 Å². The lowest BCUT2D eigenvalue weighted by Gasteiger charge is -2.22. The van der Waals surface area contributed by atoms with Gasteiger partial charge in [0.1, 0.15) is 0 Å². The van der Waals surface area contributed by atoms with Gasteiger partial charge in [-0.25, -0.2) is 0 Å². The minimum atomic E-state index is -0.117. The molecule has 0 aromatic heterocycles. The highest BCUT2D eigenvalue weighted by Gasteiger charge is 2.20. The van der Waals surface area contributed by atoms with E-state index < -0.39 is 0 Å². The van der Waals surface area contributed by atoms with Crippen molar-refractivity contribution in [1.82, 2.24) is 10.2 Å². The highest BCUT2D eigenvalue weighted by molar-refractivity contribution is 6.01. The zero-order valence-electron chi connectivity index (χ0n) is 13.1. The fourth-order valence-corrected chi connectivity index (χ4v) is 2.07. The van der Waals surface area contributed by atoms with E-state index in [0.29, 0.717) is 18.7 Å². The molecule has 1 rings (SSSR count). The summed E-state index contributed by atoms with van der Waals surface area (Å²) in [7, 11) is 1.78. The van der Waals surface area contributed by atoms with Gasteiger partial charge in [0, 0.05) is 25.8 Å². The smallest absolute Gasteiger partial charge is 0.256 e. The minimum Gasteiger partial charge on any atom is -0.387 e. The molecule has 21 heavy (non-hydrogen) atoms. The summed E-state index contributed by atoms with van der Waals surface area (Å²) in [4.78, 5) is 26.1. The lowest BCUT2D eigenvalue weighted by atomic mass is 10.1. The molecule has 0 saturated heterocycles. The summed E-state index contributed by atoms with van der Waals surface area (Å²) >= 11 is 0. The van der Waals surface area contributed by atoms with Gasteiger partial charge >= 0.3 is 0 Å². The molecule has 0 aliphatic rings. The molecule has 0 unspecified atom stereocenters. The first kappa shape index (κ1) is 17.0. The molecule has 1 aromatic carbocycles. The number of rotatable bonds is 8. The average Bonchev–Trinajstić information content (AvgIpc) is 2.51. The Balaban J connectivity index is 2.84. The molecule has 1 aromatic rings.